The van der Waals surface area contributed by atoms with Crippen LogP contribution >= 0.6 is 24.0 Å². The Kier molecular flexibility index (Phi) is 4.54. The average molecular weight is 287 g/mol. The molecule has 1 heterocycles. The van der Waals surface area contributed by atoms with Crippen LogP contribution in [-0.2, 0) is 6.54 Å². The molecule has 100 valence electrons. The molecule has 2 aliphatic rings. The summed E-state index contributed by atoms with van der Waals surface area (Å²) >= 11 is 6.01. The summed E-state index contributed by atoms with van der Waals surface area (Å²) in [5, 5.41) is 0.832. The lowest BCUT2D eigenvalue weighted by Gasteiger charge is -2.18. The molecule has 0 spiro atoms. The van der Waals surface area contributed by atoms with Crippen molar-refractivity contribution < 1.29 is 0 Å². The molecule has 0 amide bonds. The van der Waals surface area contributed by atoms with Gasteiger partial charge in [0.1, 0.15) is 0 Å². The minimum atomic E-state index is 0. The molecule has 0 radical (unpaired) electrons. The van der Waals surface area contributed by atoms with Crippen LogP contribution in [-0.4, -0.2) is 24.0 Å². The van der Waals surface area contributed by atoms with E-state index >= 15 is 0 Å². The summed E-state index contributed by atoms with van der Waals surface area (Å²) in [6.45, 7) is 3.39. The van der Waals surface area contributed by atoms with Gasteiger partial charge in [-0.15, -0.1) is 12.4 Å². The summed E-state index contributed by atoms with van der Waals surface area (Å²) in [6.07, 6.45) is 2.54. The molecule has 2 nitrogen and oxygen atoms in total. The van der Waals surface area contributed by atoms with Crippen LogP contribution in [0, 0.1) is 11.8 Å². The zero-order chi connectivity index (χ0) is 11.8. The molecule has 1 aromatic carbocycles. The van der Waals surface area contributed by atoms with Crippen molar-refractivity contribution in [3.63, 3.8) is 0 Å². The zero-order valence-corrected chi connectivity index (χ0v) is 12.0. The molecule has 4 heteroatoms. The molecule has 1 saturated carbocycles. The van der Waals surface area contributed by atoms with E-state index in [4.69, 9.17) is 17.3 Å². The van der Waals surface area contributed by atoms with Crippen molar-refractivity contribution in [3.05, 3.63) is 34.9 Å². The first-order valence-electron chi connectivity index (χ1n) is 6.45. The van der Waals surface area contributed by atoms with Crippen LogP contribution < -0.4 is 5.73 Å². The number of nitrogens with two attached hydrogens (primary N) is 1. The third-order valence-electron chi connectivity index (χ3n) is 4.28. The van der Waals surface area contributed by atoms with Gasteiger partial charge in [0.15, 0.2) is 0 Å². The molecule has 3 atom stereocenters. The highest BCUT2D eigenvalue weighted by Crippen LogP contribution is 2.37. The smallest absolute Gasteiger partial charge is 0.0409 e. The molecule has 3 unspecified atom stereocenters. The monoisotopic (exact) mass is 286 g/mol. The third kappa shape index (κ3) is 2.83. The molecule has 18 heavy (non-hydrogen) atoms. The number of nitrogens with zero attached hydrogens (tertiary/aromatic N) is 1. The maximum Gasteiger partial charge on any atom is 0.0409 e. The molecule has 1 aliphatic heterocycles. The van der Waals surface area contributed by atoms with Crippen LogP contribution in [0.15, 0.2) is 24.3 Å². The van der Waals surface area contributed by atoms with Gasteiger partial charge in [0.2, 0.25) is 0 Å². The summed E-state index contributed by atoms with van der Waals surface area (Å²) in [5.74, 6) is 1.57. The summed E-state index contributed by atoms with van der Waals surface area (Å²) in [6, 6.07) is 8.61. The fourth-order valence-corrected chi connectivity index (χ4v) is 3.64. The Morgan fingerprint density at radius 2 is 2.11 bits per heavy atom. The largest absolute Gasteiger partial charge is 0.327 e. The Bertz CT molecular complexity index is 411. The second-order valence-electron chi connectivity index (χ2n) is 5.49. The second kappa shape index (κ2) is 5.79. The molecule has 1 aliphatic carbocycles. The van der Waals surface area contributed by atoms with Crippen LogP contribution in [0.5, 0.6) is 0 Å². The van der Waals surface area contributed by atoms with Gasteiger partial charge in [-0.05, 0) is 42.4 Å². The second-order valence-corrected chi connectivity index (χ2v) is 5.93. The van der Waals surface area contributed by atoms with Crippen molar-refractivity contribution in [2.24, 2.45) is 17.6 Å². The van der Waals surface area contributed by atoms with Crippen LogP contribution in [0.3, 0.4) is 0 Å². The van der Waals surface area contributed by atoms with E-state index in [9.17, 15) is 0 Å². The Morgan fingerprint density at radius 3 is 2.83 bits per heavy atom. The molecular formula is C14H20Cl2N2. The number of likely N-dealkylation sites (tertiary alicyclic amines) is 1. The third-order valence-corrected chi connectivity index (χ3v) is 4.52. The summed E-state index contributed by atoms with van der Waals surface area (Å²) in [4.78, 5) is 2.53. The van der Waals surface area contributed by atoms with E-state index in [0.717, 1.165) is 23.4 Å². The first kappa shape index (κ1) is 14.1. The SMILES string of the molecule is Cl.NC1CCC2CN(Cc3cccc(Cl)c3)CC12. The number of hydrogen-bond acceptors (Lipinski definition) is 2. The van der Waals surface area contributed by atoms with E-state index < -0.39 is 0 Å². The van der Waals surface area contributed by atoms with E-state index in [-0.39, 0.29) is 12.4 Å². The molecule has 3 rings (SSSR count). The van der Waals surface area contributed by atoms with Crippen molar-refractivity contribution in [1.29, 1.82) is 0 Å². The first-order valence-corrected chi connectivity index (χ1v) is 6.82. The van der Waals surface area contributed by atoms with E-state index in [0.29, 0.717) is 6.04 Å². The fraction of sp³-hybridized carbons (Fsp3) is 0.571. The Morgan fingerprint density at radius 1 is 1.28 bits per heavy atom. The van der Waals surface area contributed by atoms with Gasteiger partial charge in [-0.25, -0.2) is 0 Å². The summed E-state index contributed by atoms with van der Waals surface area (Å²) in [7, 11) is 0. The van der Waals surface area contributed by atoms with E-state index in [2.05, 4.69) is 17.0 Å². The average Bonchev–Trinajstić information content (AvgIpc) is 2.82. The lowest BCUT2D eigenvalue weighted by atomic mass is 9.98. The lowest BCUT2D eigenvalue weighted by Crippen LogP contribution is -2.30. The van der Waals surface area contributed by atoms with Gasteiger partial charge in [-0.3, -0.25) is 4.90 Å². The highest BCUT2D eigenvalue weighted by atomic mass is 35.5. The molecule has 1 saturated heterocycles. The number of halogens is 2. The van der Waals surface area contributed by atoms with E-state index in [1.54, 1.807) is 0 Å². The van der Waals surface area contributed by atoms with Gasteiger partial charge in [-0.2, -0.15) is 0 Å². The van der Waals surface area contributed by atoms with Gasteiger partial charge in [0.25, 0.3) is 0 Å². The van der Waals surface area contributed by atoms with Crippen molar-refractivity contribution in [2.75, 3.05) is 13.1 Å². The molecule has 0 bridgehead atoms. The van der Waals surface area contributed by atoms with Gasteiger partial charge in [0, 0.05) is 30.7 Å². The van der Waals surface area contributed by atoms with Crippen molar-refractivity contribution in [2.45, 2.75) is 25.4 Å². The lowest BCUT2D eigenvalue weighted by molar-refractivity contribution is 0.298. The minimum Gasteiger partial charge on any atom is -0.327 e. The maximum atomic E-state index is 6.15. The van der Waals surface area contributed by atoms with Crippen molar-refractivity contribution >= 4 is 24.0 Å². The zero-order valence-electron chi connectivity index (χ0n) is 10.4. The molecule has 2 fully saturated rings. The molecular weight excluding hydrogens is 267 g/mol. The van der Waals surface area contributed by atoms with E-state index in [1.165, 1.54) is 31.5 Å². The predicted molar refractivity (Wildman–Crippen MR) is 78.2 cm³/mol. The highest BCUT2D eigenvalue weighted by molar-refractivity contribution is 6.30. The van der Waals surface area contributed by atoms with Gasteiger partial charge < -0.3 is 5.73 Å². The molecule has 2 N–H and O–H groups in total. The maximum absolute atomic E-state index is 6.15. The summed E-state index contributed by atoms with van der Waals surface area (Å²) < 4.78 is 0. The van der Waals surface area contributed by atoms with Crippen LogP contribution in [0.25, 0.3) is 0 Å². The Hall–Kier alpha value is -0.280. The minimum absolute atomic E-state index is 0. The molecule has 0 aromatic heterocycles. The quantitative estimate of drug-likeness (QED) is 0.906. The van der Waals surface area contributed by atoms with Gasteiger partial charge >= 0.3 is 0 Å². The normalized spacial score (nSPS) is 31.1. The van der Waals surface area contributed by atoms with Crippen LogP contribution in [0.4, 0.5) is 0 Å². The highest BCUT2D eigenvalue weighted by Gasteiger charge is 2.40. The number of benzene rings is 1. The first-order chi connectivity index (χ1) is 8.22. The van der Waals surface area contributed by atoms with Crippen molar-refractivity contribution in [3.8, 4) is 0 Å². The van der Waals surface area contributed by atoms with Crippen LogP contribution in [0.2, 0.25) is 5.02 Å². The number of rotatable bonds is 2. The standard InChI is InChI=1S/C14H19ClN2.ClH/c15-12-3-1-2-10(6-12)7-17-8-11-4-5-14(16)13(11)9-17;/h1-3,6,11,13-14H,4-5,7-9,16H2;1H. The topological polar surface area (TPSA) is 29.3 Å². The van der Waals surface area contributed by atoms with Gasteiger partial charge in [-0.1, -0.05) is 23.7 Å². The fourth-order valence-electron chi connectivity index (χ4n) is 3.42. The Labute approximate surface area is 120 Å². The Balaban J connectivity index is 0.00000120. The van der Waals surface area contributed by atoms with Crippen LogP contribution in [0.1, 0.15) is 18.4 Å². The van der Waals surface area contributed by atoms with Crippen molar-refractivity contribution in [1.82, 2.24) is 4.90 Å². The number of fused-ring (bicyclic) bond motifs is 1. The molecule has 1 aromatic rings. The number of hydrogen-bond donors (Lipinski definition) is 1. The van der Waals surface area contributed by atoms with E-state index in [1.807, 2.05) is 12.1 Å². The summed E-state index contributed by atoms with van der Waals surface area (Å²) in [5.41, 5.74) is 7.46. The predicted octanol–water partition coefficient (Wildman–Crippen LogP) is 2.93. The van der Waals surface area contributed by atoms with Gasteiger partial charge in [0.05, 0.1) is 0 Å².